The third-order valence-electron chi connectivity index (χ3n) is 5.50. The molecule has 0 bridgehead atoms. The van der Waals surface area contributed by atoms with Gasteiger partial charge in [0.25, 0.3) is 5.91 Å². The topological polar surface area (TPSA) is 105 Å². The molecule has 11 heteroatoms. The molecule has 2 aromatic rings. The Morgan fingerprint density at radius 1 is 1.17 bits per heavy atom. The van der Waals surface area contributed by atoms with Crippen molar-refractivity contribution in [1.82, 2.24) is 24.3 Å². The van der Waals surface area contributed by atoms with Crippen molar-refractivity contribution in [2.24, 2.45) is 11.8 Å². The fourth-order valence-electron chi connectivity index (χ4n) is 4.16. The number of carbonyl (C=O) groups is 2. The lowest BCUT2D eigenvalue weighted by Gasteiger charge is -2.21. The van der Waals surface area contributed by atoms with Gasteiger partial charge in [-0.15, -0.1) is 0 Å². The molecule has 30 heavy (non-hydrogen) atoms. The van der Waals surface area contributed by atoms with Gasteiger partial charge >= 0.3 is 6.03 Å². The summed E-state index contributed by atoms with van der Waals surface area (Å²) in [6, 6.07) is 7.50. The zero-order valence-electron chi connectivity index (χ0n) is 16.4. The zero-order valence-corrected chi connectivity index (χ0v) is 17.9. The molecule has 2 saturated heterocycles. The second-order valence-electron chi connectivity index (χ2n) is 7.87. The molecule has 0 saturated carbocycles. The van der Waals surface area contributed by atoms with Crippen LogP contribution in [0, 0.1) is 11.8 Å². The third-order valence-corrected chi connectivity index (χ3v) is 6.43. The first-order chi connectivity index (χ1) is 14.2. The van der Waals surface area contributed by atoms with E-state index in [1.54, 1.807) is 4.90 Å². The molecule has 1 aromatic heterocycles. The smallest absolute Gasteiger partial charge is 0.322 e. The number of nitrogens with zero attached hydrogens (tertiary/aromatic N) is 4. The van der Waals surface area contributed by atoms with Gasteiger partial charge < -0.3 is 4.90 Å². The Labute approximate surface area is 179 Å². The van der Waals surface area contributed by atoms with E-state index in [0.29, 0.717) is 24.9 Å². The summed E-state index contributed by atoms with van der Waals surface area (Å²) in [7, 11) is -3.68. The Balaban J connectivity index is 1.35. The Morgan fingerprint density at radius 3 is 2.47 bits per heavy atom. The summed E-state index contributed by atoms with van der Waals surface area (Å²) >= 11 is 6.26. The predicted octanol–water partition coefficient (Wildman–Crippen LogP) is 1.26. The minimum Gasteiger partial charge on any atom is -0.322 e. The van der Waals surface area contributed by atoms with Crippen molar-refractivity contribution in [1.29, 1.82) is 0 Å². The van der Waals surface area contributed by atoms with Crippen molar-refractivity contribution in [2.75, 3.05) is 32.4 Å². The summed E-state index contributed by atoms with van der Waals surface area (Å²) in [6.45, 7) is 3.81. The van der Waals surface area contributed by atoms with Crippen LogP contribution in [0.15, 0.2) is 36.7 Å². The van der Waals surface area contributed by atoms with Gasteiger partial charge in [-0.3, -0.25) is 9.69 Å². The average Bonchev–Trinajstić information content (AvgIpc) is 3.36. The van der Waals surface area contributed by atoms with Gasteiger partial charge in [-0.1, -0.05) is 29.8 Å². The van der Waals surface area contributed by atoms with Crippen molar-refractivity contribution in [3.05, 3.63) is 52.8 Å². The summed E-state index contributed by atoms with van der Waals surface area (Å²) in [5, 5.41) is 4.70. The number of hydrogen-bond donors (Lipinski definition) is 1. The Morgan fingerprint density at radius 2 is 1.83 bits per heavy atom. The Hall–Kier alpha value is -2.43. The van der Waals surface area contributed by atoms with Gasteiger partial charge in [0.05, 0.1) is 18.0 Å². The number of hydrogen-bond acceptors (Lipinski definition) is 6. The van der Waals surface area contributed by atoms with Crippen LogP contribution in [0.1, 0.15) is 15.9 Å². The van der Waals surface area contributed by atoms with Gasteiger partial charge in [-0.05, 0) is 23.5 Å². The quantitative estimate of drug-likeness (QED) is 0.750. The molecule has 0 aliphatic carbocycles. The van der Waals surface area contributed by atoms with Gasteiger partial charge in [0.2, 0.25) is 10.0 Å². The molecule has 0 radical (unpaired) electrons. The largest absolute Gasteiger partial charge is 0.344 e. The van der Waals surface area contributed by atoms with Gasteiger partial charge in [0.15, 0.2) is 0 Å². The summed E-state index contributed by atoms with van der Waals surface area (Å²) in [5.41, 5.74) is 1.11. The van der Waals surface area contributed by atoms with Gasteiger partial charge in [-0.2, -0.15) is 9.78 Å². The van der Waals surface area contributed by atoms with Crippen molar-refractivity contribution in [2.45, 2.75) is 6.54 Å². The van der Waals surface area contributed by atoms with Crippen LogP contribution in [-0.4, -0.2) is 72.4 Å². The molecular weight excluding hydrogens is 430 g/mol. The monoisotopic (exact) mass is 451 g/mol. The number of benzene rings is 1. The van der Waals surface area contributed by atoms with Crippen LogP contribution in [0.2, 0.25) is 5.02 Å². The van der Waals surface area contributed by atoms with Crippen LogP contribution in [-0.2, 0) is 16.6 Å². The molecule has 2 fully saturated rings. The molecule has 1 N–H and O–H groups in total. The first-order valence-electron chi connectivity index (χ1n) is 9.51. The van der Waals surface area contributed by atoms with E-state index in [4.69, 9.17) is 11.6 Å². The molecular formula is C19H22ClN5O4S. The first-order valence-corrected chi connectivity index (χ1v) is 11.8. The lowest BCUT2D eigenvalue weighted by Crippen LogP contribution is -2.36. The highest BCUT2D eigenvalue weighted by molar-refractivity contribution is 7.89. The molecule has 3 heterocycles. The molecule has 2 aliphatic rings. The molecule has 2 atom stereocenters. The first kappa shape index (κ1) is 20.8. The number of sulfonamides is 1. The van der Waals surface area contributed by atoms with E-state index >= 15 is 0 Å². The maximum absolute atomic E-state index is 12.8. The number of halogens is 1. The van der Waals surface area contributed by atoms with Gasteiger partial charge in [-0.25, -0.2) is 17.9 Å². The van der Waals surface area contributed by atoms with E-state index in [1.165, 1.54) is 12.4 Å². The summed E-state index contributed by atoms with van der Waals surface area (Å²) in [4.78, 5) is 28.8. The molecule has 0 spiro atoms. The van der Waals surface area contributed by atoms with Crippen LogP contribution >= 0.6 is 11.6 Å². The lowest BCUT2D eigenvalue weighted by molar-refractivity contribution is 0.0981. The fourth-order valence-corrected chi connectivity index (χ4v) is 4.81. The Kier molecular flexibility index (Phi) is 5.56. The second kappa shape index (κ2) is 8.01. The number of likely N-dealkylation sites (tertiary alicyclic amines) is 2. The van der Waals surface area contributed by atoms with Crippen molar-refractivity contribution in [3.8, 4) is 0 Å². The number of aromatic nitrogens is 2. The Bertz CT molecular complexity index is 1070. The van der Waals surface area contributed by atoms with Crippen LogP contribution in [0.4, 0.5) is 4.79 Å². The van der Waals surface area contributed by atoms with Crippen molar-refractivity contribution < 1.29 is 18.0 Å². The normalized spacial score (nSPS) is 21.6. The van der Waals surface area contributed by atoms with Crippen molar-refractivity contribution in [3.63, 3.8) is 0 Å². The highest BCUT2D eigenvalue weighted by Crippen LogP contribution is 2.33. The van der Waals surface area contributed by atoms with Gasteiger partial charge in [0.1, 0.15) is 0 Å². The van der Waals surface area contributed by atoms with E-state index in [2.05, 4.69) is 10.00 Å². The molecule has 160 valence electrons. The third kappa shape index (κ3) is 4.50. The van der Waals surface area contributed by atoms with Gasteiger partial charge in [0, 0.05) is 43.9 Å². The average molecular weight is 452 g/mol. The fraction of sp³-hybridized carbons (Fsp3) is 0.421. The molecule has 1 aromatic carbocycles. The van der Waals surface area contributed by atoms with E-state index < -0.39 is 15.9 Å². The minimum atomic E-state index is -3.68. The van der Waals surface area contributed by atoms with Crippen LogP contribution in [0.3, 0.4) is 0 Å². The summed E-state index contributed by atoms with van der Waals surface area (Å²) < 4.78 is 25.3. The van der Waals surface area contributed by atoms with E-state index in [1.807, 2.05) is 29.0 Å². The predicted molar refractivity (Wildman–Crippen MR) is 111 cm³/mol. The molecule has 2 unspecified atom stereocenters. The second-order valence-corrected chi connectivity index (χ2v) is 10.0. The lowest BCUT2D eigenvalue weighted by atomic mass is 10.0. The van der Waals surface area contributed by atoms with Crippen LogP contribution in [0.5, 0.6) is 0 Å². The summed E-state index contributed by atoms with van der Waals surface area (Å²) in [5.74, 6) is -0.0648. The SMILES string of the molecule is CS(=O)(=O)NC(=O)c1cnn(C(=O)N2CC3CN(Cc4ccccc4Cl)CC3C2)c1. The van der Waals surface area contributed by atoms with Crippen LogP contribution in [0.25, 0.3) is 0 Å². The van der Waals surface area contributed by atoms with Crippen molar-refractivity contribution >= 4 is 33.6 Å². The molecule has 4 rings (SSSR count). The molecule has 2 aliphatic heterocycles. The molecule has 2 amide bonds. The number of amides is 2. The summed E-state index contributed by atoms with van der Waals surface area (Å²) in [6.07, 6.45) is 3.32. The standard InChI is InChI=1S/C19H22ClN5O4S/c1-30(28,29)22-18(26)14-6-21-25(12-14)19(27)24-10-15-8-23(9-16(15)11-24)7-13-4-2-3-5-17(13)20/h2-6,12,15-16H,7-11H2,1H3,(H,22,26). The number of nitrogens with one attached hydrogen (secondary N) is 1. The number of carbonyl (C=O) groups excluding carboxylic acids is 2. The van der Waals surface area contributed by atoms with Crippen LogP contribution < -0.4 is 4.72 Å². The number of rotatable bonds is 4. The minimum absolute atomic E-state index is 0.0130. The maximum Gasteiger partial charge on any atom is 0.344 e. The highest BCUT2D eigenvalue weighted by Gasteiger charge is 2.42. The van der Waals surface area contributed by atoms with E-state index in [9.17, 15) is 18.0 Å². The maximum atomic E-state index is 12.8. The molecule has 9 nitrogen and oxygen atoms in total. The number of fused-ring (bicyclic) bond motifs is 1. The van der Waals surface area contributed by atoms with E-state index in [0.717, 1.165) is 41.2 Å². The zero-order chi connectivity index (χ0) is 21.5. The highest BCUT2D eigenvalue weighted by atomic mass is 35.5. The van der Waals surface area contributed by atoms with E-state index in [-0.39, 0.29) is 11.6 Å².